The van der Waals surface area contributed by atoms with E-state index in [9.17, 15) is 20.0 Å². The predicted octanol–water partition coefficient (Wildman–Crippen LogP) is 3.98. The van der Waals surface area contributed by atoms with Crippen LogP contribution in [-0.4, -0.2) is 28.1 Å². The van der Waals surface area contributed by atoms with Crippen LogP contribution in [-0.2, 0) is 4.79 Å². The molecule has 1 amide bonds. The molecule has 0 saturated carbocycles. The number of nitro benzene ring substituents is 1. The van der Waals surface area contributed by atoms with Crippen molar-refractivity contribution in [1.29, 1.82) is 0 Å². The van der Waals surface area contributed by atoms with Crippen molar-refractivity contribution in [3.63, 3.8) is 0 Å². The standard InChI is InChI=1S/C17H16Cl2N2O5/c1-10-14(4-3-5-15(10)21(24)25)20-16(22)17(2,23)9-26-11-6-7-12(18)13(19)8-11/h3-8,23H,9H2,1-2H3,(H,20,22). The number of benzene rings is 2. The molecule has 2 aromatic rings. The number of ether oxygens (including phenoxy) is 1. The third kappa shape index (κ3) is 4.63. The highest BCUT2D eigenvalue weighted by molar-refractivity contribution is 6.42. The fourth-order valence-corrected chi connectivity index (χ4v) is 2.36. The molecule has 0 fully saturated rings. The largest absolute Gasteiger partial charge is 0.490 e. The molecule has 0 radical (unpaired) electrons. The monoisotopic (exact) mass is 398 g/mol. The number of hydrogen-bond donors (Lipinski definition) is 2. The van der Waals surface area contributed by atoms with Crippen LogP contribution in [0.2, 0.25) is 10.0 Å². The van der Waals surface area contributed by atoms with E-state index in [0.29, 0.717) is 10.8 Å². The van der Waals surface area contributed by atoms with Crippen molar-refractivity contribution >= 4 is 40.5 Å². The van der Waals surface area contributed by atoms with Gasteiger partial charge >= 0.3 is 0 Å². The molecule has 2 aromatic carbocycles. The summed E-state index contributed by atoms with van der Waals surface area (Å²) in [4.78, 5) is 22.8. The molecule has 2 rings (SSSR count). The number of carbonyl (C=O) groups excluding carboxylic acids is 1. The van der Waals surface area contributed by atoms with Gasteiger partial charge in [0.1, 0.15) is 12.4 Å². The average Bonchev–Trinajstić information content (AvgIpc) is 2.57. The number of aliphatic hydroxyl groups is 1. The third-order valence-corrected chi connectivity index (χ3v) is 4.39. The number of nitro groups is 1. The zero-order chi connectivity index (χ0) is 19.5. The molecule has 7 nitrogen and oxygen atoms in total. The van der Waals surface area contributed by atoms with E-state index in [4.69, 9.17) is 27.9 Å². The van der Waals surface area contributed by atoms with E-state index < -0.39 is 16.4 Å². The van der Waals surface area contributed by atoms with Crippen LogP contribution < -0.4 is 10.1 Å². The van der Waals surface area contributed by atoms with Crippen molar-refractivity contribution in [1.82, 2.24) is 0 Å². The Labute approximate surface area is 159 Å². The van der Waals surface area contributed by atoms with E-state index in [0.717, 1.165) is 0 Å². The van der Waals surface area contributed by atoms with Crippen LogP contribution in [0.1, 0.15) is 12.5 Å². The average molecular weight is 399 g/mol. The second kappa shape index (κ2) is 7.90. The molecule has 2 N–H and O–H groups in total. The second-order valence-corrected chi connectivity index (χ2v) is 6.61. The summed E-state index contributed by atoms with van der Waals surface area (Å²) in [5.74, 6) is -0.430. The molecule has 0 bridgehead atoms. The first kappa shape index (κ1) is 20.0. The normalized spacial score (nSPS) is 13.0. The lowest BCUT2D eigenvalue weighted by Crippen LogP contribution is -2.45. The lowest BCUT2D eigenvalue weighted by Gasteiger charge is -2.23. The Kier molecular flexibility index (Phi) is 6.07. The molecule has 138 valence electrons. The maximum atomic E-state index is 12.4. The predicted molar refractivity (Wildman–Crippen MR) is 99.0 cm³/mol. The highest BCUT2D eigenvalue weighted by Crippen LogP contribution is 2.28. The minimum atomic E-state index is -1.89. The molecular formula is C17H16Cl2N2O5. The third-order valence-electron chi connectivity index (χ3n) is 3.65. The second-order valence-electron chi connectivity index (χ2n) is 5.80. The summed E-state index contributed by atoms with van der Waals surface area (Å²) in [6.07, 6.45) is 0. The first-order valence-electron chi connectivity index (χ1n) is 7.47. The summed E-state index contributed by atoms with van der Waals surface area (Å²) in [5.41, 5.74) is -1.50. The Hall–Kier alpha value is -2.35. The number of anilines is 1. The molecule has 1 atom stereocenters. The number of amides is 1. The summed E-state index contributed by atoms with van der Waals surface area (Å²) < 4.78 is 5.40. The van der Waals surface area contributed by atoms with Crippen molar-refractivity contribution in [3.05, 3.63) is 62.1 Å². The first-order chi connectivity index (χ1) is 12.1. The van der Waals surface area contributed by atoms with Crippen LogP contribution in [0, 0.1) is 17.0 Å². The Bertz CT molecular complexity index is 855. The van der Waals surface area contributed by atoms with Crippen molar-refractivity contribution in [3.8, 4) is 5.75 Å². The van der Waals surface area contributed by atoms with E-state index in [1.165, 1.54) is 44.2 Å². The molecule has 0 aliphatic heterocycles. The Morgan fingerprint density at radius 3 is 2.62 bits per heavy atom. The number of hydrogen-bond acceptors (Lipinski definition) is 5. The van der Waals surface area contributed by atoms with E-state index >= 15 is 0 Å². The van der Waals surface area contributed by atoms with Gasteiger partial charge in [-0.05, 0) is 32.0 Å². The summed E-state index contributed by atoms with van der Waals surface area (Å²) in [5, 5.41) is 24.5. The SMILES string of the molecule is Cc1c(NC(=O)C(C)(O)COc2ccc(Cl)c(Cl)c2)cccc1[N+](=O)[O-]. The Morgan fingerprint density at radius 1 is 1.31 bits per heavy atom. The van der Waals surface area contributed by atoms with E-state index in [1.54, 1.807) is 6.07 Å². The zero-order valence-electron chi connectivity index (χ0n) is 14.0. The van der Waals surface area contributed by atoms with E-state index in [-0.39, 0.29) is 28.6 Å². The minimum Gasteiger partial charge on any atom is -0.490 e. The highest BCUT2D eigenvalue weighted by Gasteiger charge is 2.32. The maximum Gasteiger partial charge on any atom is 0.274 e. The van der Waals surface area contributed by atoms with Crippen LogP contribution in [0.15, 0.2) is 36.4 Å². The summed E-state index contributed by atoms with van der Waals surface area (Å²) in [7, 11) is 0. The fourth-order valence-electron chi connectivity index (χ4n) is 2.07. The van der Waals surface area contributed by atoms with Gasteiger partial charge in [0.25, 0.3) is 11.6 Å². The summed E-state index contributed by atoms with van der Waals surface area (Å²) in [6, 6.07) is 8.82. The quantitative estimate of drug-likeness (QED) is 0.565. The van der Waals surface area contributed by atoms with Crippen molar-refractivity contribution in [2.45, 2.75) is 19.4 Å². The Morgan fingerprint density at radius 2 is 2.00 bits per heavy atom. The highest BCUT2D eigenvalue weighted by atomic mass is 35.5. The van der Waals surface area contributed by atoms with E-state index in [2.05, 4.69) is 5.32 Å². The Balaban J connectivity index is 2.09. The number of halogens is 2. The molecule has 0 spiro atoms. The fraction of sp³-hybridized carbons (Fsp3) is 0.235. The van der Waals surface area contributed by atoms with Gasteiger partial charge in [-0.1, -0.05) is 29.3 Å². The number of rotatable bonds is 6. The molecule has 0 saturated heterocycles. The maximum absolute atomic E-state index is 12.4. The van der Waals surface area contributed by atoms with Crippen LogP contribution in [0.3, 0.4) is 0 Å². The lowest BCUT2D eigenvalue weighted by atomic mass is 10.1. The molecule has 0 aromatic heterocycles. The van der Waals surface area contributed by atoms with E-state index in [1.807, 2.05) is 0 Å². The van der Waals surface area contributed by atoms with Crippen molar-refractivity contribution < 1.29 is 19.6 Å². The van der Waals surface area contributed by atoms with Gasteiger partial charge in [-0.15, -0.1) is 0 Å². The van der Waals surface area contributed by atoms with Gasteiger partial charge < -0.3 is 15.2 Å². The van der Waals surface area contributed by atoms with Crippen molar-refractivity contribution in [2.24, 2.45) is 0 Å². The van der Waals surface area contributed by atoms with Gasteiger partial charge in [-0.2, -0.15) is 0 Å². The first-order valence-corrected chi connectivity index (χ1v) is 8.23. The molecular weight excluding hydrogens is 383 g/mol. The number of nitrogens with zero attached hydrogens (tertiary/aromatic N) is 1. The molecule has 9 heteroatoms. The van der Waals surface area contributed by atoms with Gasteiger partial charge in [-0.3, -0.25) is 14.9 Å². The summed E-state index contributed by atoms with van der Waals surface area (Å²) >= 11 is 11.7. The minimum absolute atomic E-state index is 0.130. The molecule has 1 unspecified atom stereocenters. The topological polar surface area (TPSA) is 102 Å². The van der Waals surface area contributed by atoms with Crippen LogP contribution in [0.5, 0.6) is 5.75 Å². The number of carbonyl (C=O) groups is 1. The lowest BCUT2D eigenvalue weighted by molar-refractivity contribution is -0.385. The molecule has 0 aliphatic rings. The van der Waals surface area contributed by atoms with Gasteiger partial charge in [-0.25, -0.2) is 0 Å². The van der Waals surface area contributed by atoms with Crippen LogP contribution in [0.4, 0.5) is 11.4 Å². The van der Waals surface area contributed by atoms with Gasteiger partial charge in [0.05, 0.1) is 26.2 Å². The van der Waals surface area contributed by atoms with Crippen LogP contribution in [0.25, 0.3) is 0 Å². The number of nitrogens with one attached hydrogen (secondary N) is 1. The van der Waals surface area contributed by atoms with Gasteiger partial charge in [0.2, 0.25) is 0 Å². The van der Waals surface area contributed by atoms with Gasteiger partial charge in [0, 0.05) is 12.1 Å². The summed E-state index contributed by atoms with van der Waals surface area (Å²) in [6.45, 7) is 2.42. The molecule has 0 aliphatic carbocycles. The van der Waals surface area contributed by atoms with Crippen molar-refractivity contribution in [2.75, 3.05) is 11.9 Å². The zero-order valence-corrected chi connectivity index (χ0v) is 15.5. The van der Waals surface area contributed by atoms with Gasteiger partial charge in [0.15, 0.2) is 5.60 Å². The molecule has 26 heavy (non-hydrogen) atoms. The smallest absolute Gasteiger partial charge is 0.274 e. The molecule has 0 heterocycles. The van der Waals surface area contributed by atoms with Crippen LogP contribution >= 0.6 is 23.2 Å².